The minimum absolute atomic E-state index is 0.0763. The lowest BCUT2D eigenvalue weighted by atomic mass is 10.0. The molecular formula is C29H28N2O7S. The lowest BCUT2D eigenvalue weighted by Gasteiger charge is -2.22. The molecule has 0 saturated carbocycles. The van der Waals surface area contributed by atoms with E-state index in [-0.39, 0.29) is 4.90 Å². The van der Waals surface area contributed by atoms with Crippen LogP contribution in [0.3, 0.4) is 0 Å². The molecule has 2 heterocycles. The second-order valence-corrected chi connectivity index (χ2v) is 11.2. The highest BCUT2D eigenvalue weighted by Crippen LogP contribution is 2.33. The highest BCUT2D eigenvalue weighted by Gasteiger charge is 2.31. The first kappa shape index (κ1) is 26.5. The Morgan fingerprint density at radius 2 is 1.64 bits per heavy atom. The van der Waals surface area contributed by atoms with E-state index in [9.17, 15) is 18.0 Å². The topological polar surface area (TPSA) is 124 Å². The molecule has 39 heavy (non-hydrogen) atoms. The Balaban J connectivity index is 1.34. The van der Waals surface area contributed by atoms with Crippen molar-refractivity contribution in [3.8, 4) is 22.8 Å². The van der Waals surface area contributed by atoms with Crippen molar-refractivity contribution in [1.82, 2.24) is 9.71 Å². The number of aromatic amines is 1. The first-order valence-electron chi connectivity index (χ1n) is 12.5. The molecule has 4 aromatic rings. The molecule has 1 aliphatic rings. The summed E-state index contributed by atoms with van der Waals surface area (Å²) in [6, 6.07) is 19.8. The molecule has 1 aliphatic heterocycles. The highest BCUT2D eigenvalue weighted by molar-refractivity contribution is 7.89. The maximum absolute atomic E-state index is 13.4. The van der Waals surface area contributed by atoms with E-state index >= 15 is 0 Å². The molecule has 1 atom stereocenters. The Morgan fingerprint density at radius 1 is 0.949 bits per heavy atom. The molecule has 2 N–H and O–H groups in total. The third kappa shape index (κ3) is 5.52. The number of benzene rings is 3. The molecule has 0 bridgehead atoms. The van der Waals surface area contributed by atoms with Crippen LogP contribution >= 0.6 is 0 Å². The number of aromatic nitrogens is 1. The number of carbonyl (C=O) groups is 2. The molecule has 0 spiro atoms. The maximum atomic E-state index is 13.4. The Kier molecular flexibility index (Phi) is 7.40. The zero-order valence-electron chi connectivity index (χ0n) is 21.5. The summed E-state index contributed by atoms with van der Waals surface area (Å²) in [4.78, 5) is 29.7. The largest absolute Gasteiger partial charge is 0.486 e. The molecule has 10 heteroatoms. The number of hydrogen-bond acceptors (Lipinski definition) is 7. The van der Waals surface area contributed by atoms with Gasteiger partial charge in [-0.05, 0) is 29.7 Å². The van der Waals surface area contributed by atoms with Gasteiger partial charge in [0.2, 0.25) is 15.8 Å². The van der Waals surface area contributed by atoms with Gasteiger partial charge in [0.1, 0.15) is 19.3 Å². The van der Waals surface area contributed by atoms with Gasteiger partial charge in [-0.15, -0.1) is 0 Å². The summed E-state index contributed by atoms with van der Waals surface area (Å²) in [5.41, 5.74) is 2.62. The van der Waals surface area contributed by atoms with E-state index in [2.05, 4.69) is 9.71 Å². The van der Waals surface area contributed by atoms with E-state index in [1.807, 2.05) is 54.6 Å². The monoisotopic (exact) mass is 548 g/mol. The van der Waals surface area contributed by atoms with Gasteiger partial charge in [0.05, 0.1) is 16.2 Å². The number of esters is 1. The summed E-state index contributed by atoms with van der Waals surface area (Å²) in [6.45, 7) is 3.51. The smallest absolute Gasteiger partial charge is 0.324 e. The van der Waals surface area contributed by atoms with Gasteiger partial charge in [0.15, 0.2) is 18.1 Å². The van der Waals surface area contributed by atoms with Crippen molar-refractivity contribution >= 4 is 32.7 Å². The molecule has 202 valence electrons. The van der Waals surface area contributed by atoms with Crippen LogP contribution in [-0.2, 0) is 19.6 Å². The Hall–Kier alpha value is -4.15. The second kappa shape index (κ2) is 10.9. The van der Waals surface area contributed by atoms with Gasteiger partial charge in [0.25, 0.3) is 0 Å². The third-order valence-electron chi connectivity index (χ3n) is 6.42. The van der Waals surface area contributed by atoms with Gasteiger partial charge < -0.3 is 19.2 Å². The van der Waals surface area contributed by atoms with Gasteiger partial charge in [-0.3, -0.25) is 9.59 Å². The van der Waals surface area contributed by atoms with Crippen LogP contribution in [0.5, 0.6) is 11.5 Å². The first-order chi connectivity index (χ1) is 18.7. The summed E-state index contributed by atoms with van der Waals surface area (Å²) < 4.78 is 45.0. The van der Waals surface area contributed by atoms with Crippen molar-refractivity contribution in [2.45, 2.75) is 24.8 Å². The predicted octanol–water partition coefficient (Wildman–Crippen LogP) is 4.34. The number of sulfonamides is 1. The van der Waals surface area contributed by atoms with Crippen molar-refractivity contribution in [2.24, 2.45) is 5.92 Å². The number of Topliss-reactive ketones (excluding diaryl/α,β-unsaturated/α-hetero) is 1. The van der Waals surface area contributed by atoms with Crippen molar-refractivity contribution in [2.75, 3.05) is 19.8 Å². The molecule has 0 amide bonds. The van der Waals surface area contributed by atoms with E-state index in [4.69, 9.17) is 14.2 Å². The Labute approximate surface area is 226 Å². The number of ketones is 1. The Morgan fingerprint density at radius 3 is 2.38 bits per heavy atom. The minimum atomic E-state index is -4.11. The molecule has 3 aromatic carbocycles. The quantitative estimate of drug-likeness (QED) is 0.236. The van der Waals surface area contributed by atoms with E-state index < -0.39 is 40.3 Å². The summed E-state index contributed by atoms with van der Waals surface area (Å²) >= 11 is 0. The van der Waals surface area contributed by atoms with E-state index in [0.717, 1.165) is 11.1 Å². The van der Waals surface area contributed by atoms with Crippen LogP contribution in [0.1, 0.15) is 24.2 Å². The number of nitrogens with one attached hydrogen (secondary N) is 2. The molecule has 0 saturated heterocycles. The molecule has 0 aliphatic carbocycles. The van der Waals surface area contributed by atoms with Crippen molar-refractivity contribution in [3.63, 3.8) is 0 Å². The minimum Gasteiger partial charge on any atom is -0.486 e. The molecule has 5 rings (SSSR count). The van der Waals surface area contributed by atoms with Crippen LogP contribution in [0.25, 0.3) is 22.2 Å². The van der Waals surface area contributed by atoms with Crippen LogP contribution in [0.4, 0.5) is 0 Å². The molecule has 9 nitrogen and oxygen atoms in total. The predicted molar refractivity (Wildman–Crippen MR) is 145 cm³/mol. The molecule has 0 fully saturated rings. The van der Waals surface area contributed by atoms with Gasteiger partial charge in [-0.25, -0.2) is 8.42 Å². The Bertz CT molecular complexity index is 1630. The van der Waals surface area contributed by atoms with Crippen LogP contribution in [0.2, 0.25) is 0 Å². The van der Waals surface area contributed by atoms with Crippen LogP contribution < -0.4 is 14.2 Å². The van der Waals surface area contributed by atoms with E-state index in [0.29, 0.717) is 41.4 Å². The zero-order chi connectivity index (χ0) is 27.6. The van der Waals surface area contributed by atoms with Gasteiger partial charge in [-0.1, -0.05) is 62.4 Å². The normalized spacial score (nSPS) is 13.8. The van der Waals surface area contributed by atoms with Crippen molar-refractivity contribution in [1.29, 1.82) is 0 Å². The number of hydrogen-bond donors (Lipinski definition) is 2. The summed E-state index contributed by atoms with van der Waals surface area (Å²) in [6.07, 6.45) is 0. The average molecular weight is 549 g/mol. The molecule has 1 aromatic heterocycles. The average Bonchev–Trinajstić information content (AvgIpc) is 3.34. The first-order valence-corrected chi connectivity index (χ1v) is 14.0. The SMILES string of the molecule is CC(C)[C@@H](NS(=O)(=O)c1ccc2c(c1)OCCO2)C(=O)OCC(=O)c1c(-c2ccccc2)[nH]c2ccccc12. The lowest BCUT2D eigenvalue weighted by Crippen LogP contribution is -2.45. The third-order valence-corrected chi connectivity index (χ3v) is 7.86. The highest BCUT2D eigenvalue weighted by atomic mass is 32.2. The number of H-pyrrole nitrogens is 1. The molecule has 0 unspecified atom stereocenters. The number of ether oxygens (including phenoxy) is 3. The number of fused-ring (bicyclic) bond motifs is 2. The number of carbonyl (C=O) groups excluding carboxylic acids is 2. The van der Waals surface area contributed by atoms with Gasteiger partial charge >= 0.3 is 5.97 Å². The van der Waals surface area contributed by atoms with Crippen LogP contribution in [-0.4, -0.2) is 51.0 Å². The number of rotatable bonds is 9. The summed E-state index contributed by atoms with van der Waals surface area (Å²) in [7, 11) is -4.11. The second-order valence-electron chi connectivity index (χ2n) is 9.47. The van der Waals surface area contributed by atoms with E-state index in [1.54, 1.807) is 13.8 Å². The van der Waals surface area contributed by atoms with Crippen LogP contribution in [0, 0.1) is 5.92 Å². The zero-order valence-corrected chi connectivity index (χ0v) is 22.3. The molecule has 0 radical (unpaired) electrons. The van der Waals surface area contributed by atoms with Crippen molar-refractivity contribution in [3.05, 3.63) is 78.4 Å². The standard InChI is InChI=1S/C29H28N2O7S/c1-18(2)27(31-39(34,35)20-12-13-24-25(16-20)37-15-14-36-24)29(33)38-17-23(32)26-21-10-6-7-11-22(21)30-28(26)19-8-4-3-5-9-19/h3-13,16,18,27,30-31H,14-15,17H2,1-2H3/t27-/m1/s1. The van der Waals surface area contributed by atoms with Gasteiger partial charge in [-0.2, -0.15) is 4.72 Å². The fraction of sp³-hybridized carbons (Fsp3) is 0.241. The molecular weight excluding hydrogens is 520 g/mol. The van der Waals surface area contributed by atoms with E-state index in [1.165, 1.54) is 18.2 Å². The lowest BCUT2D eigenvalue weighted by molar-refractivity contribution is -0.145. The maximum Gasteiger partial charge on any atom is 0.324 e. The van der Waals surface area contributed by atoms with Gasteiger partial charge in [0, 0.05) is 17.0 Å². The fourth-order valence-electron chi connectivity index (χ4n) is 4.43. The van der Waals surface area contributed by atoms with Crippen molar-refractivity contribution < 1.29 is 32.2 Å². The fourth-order valence-corrected chi connectivity index (χ4v) is 5.78. The summed E-state index contributed by atoms with van der Waals surface area (Å²) in [5, 5.41) is 0.706. The summed E-state index contributed by atoms with van der Waals surface area (Å²) in [5.74, 6) is -0.943. The number of para-hydroxylation sites is 1. The van der Waals surface area contributed by atoms with Crippen LogP contribution in [0.15, 0.2) is 77.7 Å².